The largest absolute Gasteiger partial charge is 0.480 e. The van der Waals surface area contributed by atoms with Crippen LogP contribution in [0.4, 0.5) is 0 Å². The van der Waals surface area contributed by atoms with Crippen molar-refractivity contribution in [1.82, 2.24) is 0 Å². The Morgan fingerprint density at radius 2 is 1.84 bits per heavy atom. The summed E-state index contributed by atoms with van der Waals surface area (Å²) in [4.78, 5) is 46.1. The van der Waals surface area contributed by atoms with Crippen LogP contribution in [-0.4, -0.2) is 51.7 Å². The molecule has 0 radical (unpaired) electrons. The molecule has 0 aromatic rings. The number of rotatable bonds is 5. The van der Waals surface area contributed by atoms with Crippen LogP contribution in [0.5, 0.6) is 0 Å². The maximum absolute atomic E-state index is 11.9. The lowest BCUT2D eigenvalue weighted by atomic mass is 9.90. The Labute approximate surface area is 108 Å². The average molecular weight is 272 g/mol. The van der Waals surface area contributed by atoms with Crippen LogP contribution < -0.4 is 11.5 Å². The summed E-state index contributed by atoms with van der Waals surface area (Å²) in [5, 5.41) is 17.9. The molecule has 0 saturated heterocycles. The standard InChI is InChI=1S/C11H16N2O6/c1-3(14)7(12)10(17)6-5(15)2-4(9(6)16)8(13)11(18)19/h3-4,6-8,14H,2,12-13H2,1H3,(H,18,19)/t3-,4?,6?,7+,8?/m1/s1. The van der Waals surface area contributed by atoms with Crippen LogP contribution in [0.2, 0.25) is 0 Å². The van der Waals surface area contributed by atoms with Crippen LogP contribution in [-0.2, 0) is 19.2 Å². The smallest absolute Gasteiger partial charge is 0.321 e. The monoisotopic (exact) mass is 272 g/mol. The summed E-state index contributed by atoms with van der Waals surface area (Å²) >= 11 is 0. The second kappa shape index (κ2) is 5.55. The van der Waals surface area contributed by atoms with Crippen LogP contribution in [0.15, 0.2) is 0 Å². The van der Waals surface area contributed by atoms with Gasteiger partial charge in [0.05, 0.1) is 18.1 Å². The lowest BCUT2D eigenvalue weighted by Crippen LogP contribution is -2.47. The van der Waals surface area contributed by atoms with E-state index in [1.165, 1.54) is 6.92 Å². The summed E-state index contributed by atoms with van der Waals surface area (Å²) in [5.74, 6) is -6.68. The van der Waals surface area contributed by atoms with Gasteiger partial charge in [0.1, 0.15) is 12.0 Å². The van der Waals surface area contributed by atoms with Crippen LogP contribution in [0.1, 0.15) is 13.3 Å². The predicted octanol–water partition coefficient (Wildman–Crippen LogP) is -2.55. The SMILES string of the molecule is C[C@@H](O)[C@H](N)C(=O)C1C(=O)CC(C(N)C(=O)O)C1=O. The quantitative estimate of drug-likeness (QED) is 0.398. The van der Waals surface area contributed by atoms with Crippen LogP contribution >= 0.6 is 0 Å². The first-order valence-corrected chi connectivity index (χ1v) is 5.70. The van der Waals surface area contributed by atoms with Gasteiger partial charge in [-0.2, -0.15) is 0 Å². The lowest BCUT2D eigenvalue weighted by molar-refractivity contribution is -0.144. The Morgan fingerprint density at radius 3 is 2.26 bits per heavy atom. The fraction of sp³-hybridized carbons (Fsp3) is 0.636. The molecular weight excluding hydrogens is 256 g/mol. The summed E-state index contributed by atoms with van der Waals surface area (Å²) in [5.41, 5.74) is 10.7. The van der Waals surface area contributed by atoms with Crippen molar-refractivity contribution in [1.29, 1.82) is 0 Å². The highest BCUT2D eigenvalue weighted by molar-refractivity contribution is 6.25. The molecule has 0 spiro atoms. The third-order valence-corrected chi connectivity index (χ3v) is 3.24. The highest BCUT2D eigenvalue weighted by Gasteiger charge is 2.50. The summed E-state index contributed by atoms with van der Waals surface area (Å²) in [6.45, 7) is 1.26. The number of nitrogens with two attached hydrogens (primary N) is 2. The molecule has 0 heterocycles. The van der Waals surface area contributed by atoms with Gasteiger partial charge in [-0.05, 0) is 6.92 Å². The maximum atomic E-state index is 11.9. The molecule has 0 aromatic carbocycles. The number of aliphatic hydroxyl groups is 1. The molecule has 0 aromatic heterocycles. The molecule has 3 unspecified atom stereocenters. The first-order valence-electron chi connectivity index (χ1n) is 5.70. The van der Waals surface area contributed by atoms with E-state index in [0.717, 1.165) is 0 Å². The van der Waals surface area contributed by atoms with E-state index in [-0.39, 0.29) is 0 Å². The second-order valence-corrected chi connectivity index (χ2v) is 4.65. The summed E-state index contributed by atoms with van der Waals surface area (Å²) in [6, 6.07) is -2.89. The van der Waals surface area contributed by atoms with Crippen LogP contribution in [0.3, 0.4) is 0 Å². The molecule has 0 aliphatic heterocycles. The van der Waals surface area contributed by atoms with Crippen molar-refractivity contribution in [3.05, 3.63) is 0 Å². The van der Waals surface area contributed by atoms with Gasteiger partial charge in [-0.3, -0.25) is 19.2 Å². The fourth-order valence-electron chi connectivity index (χ4n) is 2.01. The Hall–Kier alpha value is -1.64. The number of hydrogen-bond acceptors (Lipinski definition) is 7. The summed E-state index contributed by atoms with van der Waals surface area (Å²) in [6.07, 6.45) is -1.60. The maximum Gasteiger partial charge on any atom is 0.321 e. The third-order valence-electron chi connectivity index (χ3n) is 3.24. The molecule has 1 fully saturated rings. The Kier molecular flexibility index (Phi) is 4.51. The topological polar surface area (TPSA) is 161 Å². The molecule has 1 aliphatic carbocycles. The molecule has 1 saturated carbocycles. The Morgan fingerprint density at radius 1 is 1.32 bits per heavy atom. The fourth-order valence-corrected chi connectivity index (χ4v) is 2.01. The van der Waals surface area contributed by atoms with Gasteiger partial charge in [-0.15, -0.1) is 0 Å². The number of carbonyl (C=O) groups is 4. The minimum absolute atomic E-state index is 0.394. The summed E-state index contributed by atoms with van der Waals surface area (Å²) in [7, 11) is 0. The van der Waals surface area contributed by atoms with Gasteiger partial charge in [0.15, 0.2) is 17.3 Å². The molecule has 8 nitrogen and oxygen atoms in total. The van der Waals surface area contributed by atoms with Gasteiger partial charge in [0.25, 0.3) is 0 Å². The molecule has 6 N–H and O–H groups in total. The zero-order valence-corrected chi connectivity index (χ0v) is 10.3. The number of ketones is 3. The highest BCUT2D eigenvalue weighted by Crippen LogP contribution is 2.28. The van der Waals surface area contributed by atoms with Crippen molar-refractivity contribution in [2.45, 2.75) is 31.5 Å². The molecule has 1 rings (SSSR count). The second-order valence-electron chi connectivity index (χ2n) is 4.65. The number of carbonyl (C=O) groups excluding carboxylic acids is 3. The van der Waals surface area contributed by atoms with Gasteiger partial charge in [-0.1, -0.05) is 0 Å². The van der Waals surface area contributed by atoms with E-state index < -0.39 is 59.8 Å². The zero-order chi connectivity index (χ0) is 14.9. The normalized spacial score (nSPS) is 28.0. The predicted molar refractivity (Wildman–Crippen MR) is 61.9 cm³/mol. The van der Waals surface area contributed by atoms with Crippen molar-refractivity contribution in [3.8, 4) is 0 Å². The summed E-state index contributed by atoms with van der Waals surface area (Å²) < 4.78 is 0. The van der Waals surface area contributed by atoms with Gasteiger partial charge in [0.2, 0.25) is 0 Å². The van der Waals surface area contributed by atoms with E-state index in [9.17, 15) is 24.3 Å². The lowest BCUT2D eigenvalue weighted by Gasteiger charge is -2.17. The Balaban J connectivity index is 2.94. The van der Waals surface area contributed by atoms with E-state index in [2.05, 4.69) is 0 Å². The zero-order valence-electron chi connectivity index (χ0n) is 10.3. The van der Waals surface area contributed by atoms with Crippen molar-refractivity contribution in [3.63, 3.8) is 0 Å². The van der Waals surface area contributed by atoms with E-state index >= 15 is 0 Å². The molecule has 106 valence electrons. The van der Waals surface area contributed by atoms with Gasteiger partial charge >= 0.3 is 5.97 Å². The van der Waals surface area contributed by atoms with Gasteiger partial charge < -0.3 is 21.7 Å². The molecule has 19 heavy (non-hydrogen) atoms. The number of aliphatic carboxylic acids is 1. The first-order chi connectivity index (χ1) is 8.68. The molecule has 8 heteroatoms. The highest BCUT2D eigenvalue weighted by atomic mass is 16.4. The molecule has 0 amide bonds. The Bertz CT molecular complexity index is 433. The number of Topliss-reactive ketones (excluding diaryl/α,β-unsaturated/α-hetero) is 3. The van der Waals surface area contributed by atoms with Crippen molar-refractivity contribution in [2.24, 2.45) is 23.3 Å². The third kappa shape index (κ3) is 2.86. The van der Waals surface area contributed by atoms with Crippen LogP contribution in [0.25, 0.3) is 0 Å². The van der Waals surface area contributed by atoms with Crippen molar-refractivity contribution < 1.29 is 29.4 Å². The number of aliphatic hydroxyl groups excluding tert-OH is 1. The van der Waals surface area contributed by atoms with E-state index in [0.29, 0.717) is 0 Å². The first kappa shape index (κ1) is 15.4. The number of hydrogen-bond donors (Lipinski definition) is 4. The van der Waals surface area contributed by atoms with Crippen molar-refractivity contribution >= 4 is 23.3 Å². The molecular formula is C11H16N2O6. The average Bonchev–Trinajstić information content (AvgIpc) is 2.61. The van der Waals surface area contributed by atoms with Crippen molar-refractivity contribution in [2.75, 3.05) is 0 Å². The van der Waals surface area contributed by atoms with Crippen LogP contribution in [0, 0.1) is 11.8 Å². The van der Waals surface area contributed by atoms with Gasteiger partial charge in [-0.25, -0.2) is 0 Å². The molecule has 0 bridgehead atoms. The molecule has 1 aliphatic rings. The number of carboxylic acids is 1. The number of carboxylic acid groups (broad SMARTS) is 1. The minimum Gasteiger partial charge on any atom is -0.480 e. The van der Waals surface area contributed by atoms with Gasteiger partial charge in [0, 0.05) is 6.42 Å². The minimum atomic E-state index is -1.61. The van der Waals surface area contributed by atoms with E-state index in [1.807, 2.05) is 0 Å². The van der Waals surface area contributed by atoms with E-state index in [1.54, 1.807) is 0 Å². The van der Waals surface area contributed by atoms with E-state index in [4.69, 9.17) is 16.6 Å². The molecule has 5 atom stereocenters.